The molecular formula is C28H23Cl2N3O4. The molecular weight excluding hydrogens is 513 g/mol. The fourth-order valence-electron chi connectivity index (χ4n) is 3.62. The number of halogens is 2. The molecule has 0 aliphatic rings. The SMILES string of the molecule is COc1cc(/C(C)=N/NC(=O)C(=O)Nc2cccc(Cl)c2Cl)ccc1OCc1cccc2ccccc12. The van der Waals surface area contributed by atoms with Gasteiger partial charge >= 0.3 is 11.8 Å². The Morgan fingerprint density at radius 3 is 2.46 bits per heavy atom. The molecule has 0 aliphatic heterocycles. The van der Waals surface area contributed by atoms with Crippen LogP contribution in [-0.4, -0.2) is 24.6 Å². The first kappa shape index (κ1) is 26.0. The van der Waals surface area contributed by atoms with Crippen molar-refractivity contribution in [1.82, 2.24) is 5.43 Å². The van der Waals surface area contributed by atoms with Crippen LogP contribution in [0, 0.1) is 0 Å². The predicted octanol–water partition coefficient (Wildman–Crippen LogP) is 6.21. The molecule has 9 heteroatoms. The summed E-state index contributed by atoms with van der Waals surface area (Å²) in [5.41, 5.74) is 4.65. The third-order valence-electron chi connectivity index (χ3n) is 5.58. The molecule has 0 bridgehead atoms. The van der Waals surface area contributed by atoms with Gasteiger partial charge in [-0.05, 0) is 53.6 Å². The maximum absolute atomic E-state index is 12.2. The smallest absolute Gasteiger partial charge is 0.329 e. The lowest BCUT2D eigenvalue weighted by Crippen LogP contribution is -2.33. The Morgan fingerprint density at radius 2 is 1.65 bits per heavy atom. The van der Waals surface area contributed by atoms with E-state index in [1.54, 1.807) is 44.4 Å². The minimum absolute atomic E-state index is 0.139. The average Bonchev–Trinajstić information content (AvgIpc) is 2.92. The van der Waals surface area contributed by atoms with Gasteiger partial charge in [-0.25, -0.2) is 5.43 Å². The zero-order chi connectivity index (χ0) is 26.4. The summed E-state index contributed by atoms with van der Waals surface area (Å²) < 4.78 is 11.6. The standard InChI is InChI=1S/C28H23Cl2N3O4/c1-17(32-33-28(35)27(34)31-23-12-6-11-22(29)26(23)30)19-13-14-24(25(15-19)36-2)37-16-20-9-5-8-18-7-3-4-10-21(18)20/h3-15H,16H2,1-2H3,(H,31,34)(H,33,35)/b32-17+. The number of carbonyl (C=O) groups is 2. The number of hydrogen-bond acceptors (Lipinski definition) is 5. The first-order chi connectivity index (χ1) is 17.9. The summed E-state index contributed by atoms with van der Waals surface area (Å²) in [4.78, 5) is 24.4. The van der Waals surface area contributed by atoms with Crippen LogP contribution in [0.25, 0.3) is 10.8 Å². The largest absolute Gasteiger partial charge is 0.493 e. The highest BCUT2D eigenvalue weighted by Gasteiger charge is 2.16. The van der Waals surface area contributed by atoms with Crippen LogP contribution in [0.3, 0.4) is 0 Å². The molecule has 0 fully saturated rings. The topological polar surface area (TPSA) is 89.0 Å². The van der Waals surface area contributed by atoms with Gasteiger partial charge in [-0.3, -0.25) is 9.59 Å². The van der Waals surface area contributed by atoms with E-state index in [4.69, 9.17) is 32.7 Å². The summed E-state index contributed by atoms with van der Waals surface area (Å²) in [5.74, 6) is -0.825. The minimum Gasteiger partial charge on any atom is -0.493 e. The zero-order valence-corrected chi connectivity index (χ0v) is 21.6. The first-order valence-electron chi connectivity index (χ1n) is 11.2. The van der Waals surface area contributed by atoms with Crippen molar-refractivity contribution in [2.24, 2.45) is 5.10 Å². The Morgan fingerprint density at radius 1 is 0.892 bits per heavy atom. The number of hydrazone groups is 1. The lowest BCUT2D eigenvalue weighted by molar-refractivity contribution is -0.136. The Hall–Kier alpha value is -4.07. The van der Waals surface area contributed by atoms with Gasteiger partial charge in [0, 0.05) is 5.56 Å². The summed E-state index contributed by atoms with van der Waals surface area (Å²) in [6, 6.07) is 24.2. The molecule has 0 aliphatic carbocycles. The predicted molar refractivity (Wildman–Crippen MR) is 147 cm³/mol. The Bertz CT molecular complexity index is 1500. The van der Waals surface area contributed by atoms with Crippen LogP contribution in [-0.2, 0) is 16.2 Å². The van der Waals surface area contributed by atoms with E-state index in [2.05, 4.69) is 34.0 Å². The van der Waals surface area contributed by atoms with Gasteiger partial charge in [0.25, 0.3) is 0 Å². The molecule has 0 atom stereocenters. The van der Waals surface area contributed by atoms with Gasteiger partial charge < -0.3 is 14.8 Å². The molecule has 0 radical (unpaired) electrons. The average molecular weight is 536 g/mol. The highest BCUT2D eigenvalue weighted by molar-refractivity contribution is 6.45. The first-order valence-corrected chi connectivity index (χ1v) is 12.0. The van der Waals surface area contributed by atoms with Crippen molar-refractivity contribution in [3.8, 4) is 11.5 Å². The van der Waals surface area contributed by atoms with Crippen LogP contribution >= 0.6 is 23.2 Å². The van der Waals surface area contributed by atoms with E-state index >= 15 is 0 Å². The number of anilines is 1. The number of nitrogens with one attached hydrogen (secondary N) is 2. The van der Waals surface area contributed by atoms with E-state index in [1.807, 2.05) is 24.3 Å². The van der Waals surface area contributed by atoms with Gasteiger partial charge in [0.05, 0.1) is 28.6 Å². The van der Waals surface area contributed by atoms with E-state index in [0.717, 1.165) is 16.3 Å². The Kier molecular flexibility index (Phi) is 8.28. The van der Waals surface area contributed by atoms with Crippen molar-refractivity contribution in [2.75, 3.05) is 12.4 Å². The molecule has 7 nitrogen and oxygen atoms in total. The second kappa shape index (κ2) is 11.8. The van der Waals surface area contributed by atoms with Gasteiger partial charge in [0.1, 0.15) is 6.61 Å². The van der Waals surface area contributed by atoms with E-state index in [-0.39, 0.29) is 15.7 Å². The molecule has 2 amide bonds. The van der Waals surface area contributed by atoms with Gasteiger partial charge in [-0.1, -0.05) is 71.7 Å². The number of ether oxygens (including phenoxy) is 2. The molecule has 2 N–H and O–H groups in total. The number of nitrogens with zero attached hydrogens (tertiary/aromatic N) is 1. The number of fused-ring (bicyclic) bond motifs is 1. The zero-order valence-electron chi connectivity index (χ0n) is 20.0. The summed E-state index contributed by atoms with van der Waals surface area (Å²) in [6.07, 6.45) is 0. The van der Waals surface area contributed by atoms with Crippen molar-refractivity contribution in [3.63, 3.8) is 0 Å². The van der Waals surface area contributed by atoms with Crippen LogP contribution in [0.2, 0.25) is 10.0 Å². The molecule has 0 spiro atoms. The molecule has 0 saturated heterocycles. The quantitative estimate of drug-likeness (QED) is 0.167. The van der Waals surface area contributed by atoms with Crippen LogP contribution in [0.15, 0.2) is 84.0 Å². The van der Waals surface area contributed by atoms with E-state index in [9.17, 15) is 9.59 Å². The van der Waals surface area contributed by atoms with Crippen LogP contribution in [0.1, 0.15) is 18.1 Å². The molecule has 0 saturated carbocycles. The molecule has 4 rings (SSSR count). The normalized spacial score (nSPS) is 11.2. The summed E-state index contributed by atoms with van der Waals surface area (Å²) in [5, 5.41) is 9.10. The number of hydrogen-bond donors (Lipinski definition) is 2. The van der Waals surface area contributed by atoms with Crippen LogP contribution < -0.4 is 20.2 Å². The second-order valence-corrected chi connectivity index (χ2v) is 8.77. The number of benzene rings is 4. The molecule has 0 aromatic heterocycles. The highest BCUT2D eigenvalue weighted by atomic mass is 35.5. The highest BCUT2D eigenvalue weighted by Crippen LogP contribution is 2.31. The van der Waals surface area contributed by atoms with E-state index in [1.165, 1.54) is 6.07 Å². The molecule has 4 aromatic carbocycles. The lowest BCUT2D eigenvalue weighted by Gasteiger charge is -2.13. The fourth-order valence-corrected chi connectivity index (χ4v) is 3.96. The summed E-state index contributed by atoms with van der Waals surface area (Å²) in [6.45, 7) is 2.06. The van der Waals surface area contributed by atoms with Crippen molar-refractivity contribution in [3.05, 3.63) is 100 Å². The second-order valence-electron chi connectivity index (χ2n) is 7.99. The third-order valence-corrected chi connectivity index (χ3v) is 6.39. The van der Waals surface area contributed by atoms with Gasteiger partial charge in [0.15, 0.2) is 11.5 Å². The van der Waals surface area contributed by atoms with Crippen molar-refractivity contribution >= 4 is 57.2 Å². The van der Waals surface area contributed by atoms with Crippen molar-refractivity contribution < 1.29 is 19.1 Å². The Labute approximate surface area is 224 Å². The Balaban J connectivity index is 1.42. The maximum atomic E-state index is 12.2. The maximum Gasteiger partial charge on any atom is 0.329 e. The van der Waals surface area contributed by atoms with Crippen molar-refractivity contribution in [2.45, 2.75) is 13.5 Å². The molecule has 188 valence electrons. The monoisotopic (exact) mass is 535 g/mol. The molecule has 37 heavy (non-hydrogen) atoms. The summed E-state index contributed by atoms with van der Waals surface area (Å²) in [7, 11) is 1.55. The van der Waals surface area contributed by atoms with Crippen LogP contribution in [0.5, 0.6) is 11.5 Å². The van der Waals surface area contributed by atoms with Crippen LogP contribution in [0.4, 0.5) is 5.69 Å². The number of methoxy groups -OCH3 is 1. The van der Waals surface area contributed by atoms with Gasteiger partial charge in [-0.2, -0.15) is 5.10 Å². The van der Waals surface area contributed by atoms with Gasteiger partial charge in [0.2, 0.25) is 0 Å². The third kappa shape index (κ3) is 6.20. The van der Waals surface area contributed by atoms with Crippen molar-refractivity contribution in [1.29, 1.82) is 0 Å². The number of carbonyl (C=O) groups excluding carboxylic acids is 2. The van der Waals surface area contributed by atoms with E-state index < -0.39 is 11.8 Å². The summed E-state index contributed by atoms with van der Waals surface area (Å²) >= 11 is 12.0. The lowest BCUT2D eigenvalue weighted by atomic mass is 10.1. The molecule has 0 unspecified atom stereocenters. The number of amides is 2. The van der Waals surface area contributed by atoms with Gasteiger partial charge in [-0.15, -0.1) is 0 Å². The molecule has 0 heterocycles. The molecule has 4 aromatic rings. The number of rotatable bonds is 7. The minimum atomic E-state index is -0.961. The van der Waals surface area contributed by atoms with E-state index in [0.29, 0.717) is 29.4 Å². The fraction of sp³-hybridized carbons (Fsp3) is 0.107.